The SMILES string of the molecule is CN1CCN(c2ccc(Nc3ncc4c(n3)C(C3CCCC3)=C(C(=O)N(C)C)C4)nc2)CC1. The number of pyridine rings is 1. The standard InChI is InChI=1S/C25H33N7O/c1-30(2)24(33)20-14-18-15-27-25(29-23(18)22(20)17-6-4-5-7-17)28-21-9-8-19(16-26-21)32-12-10-31(3)11-13-32/h8-9,15-17H,4-7,10-14H2,1-3H3,(H,26,27,28,29). The molecule has 0 bridgehead atoms. The summed E-state index contributed by atoms with van der Waals surface area (Å²) in [5.41, 5.74) is 5.17. The van der Waals surface area contributed by atoms with Gasteiger partial charge in [-0.1, -0.05) is 12.8 Å². The summed E-state index contributed by atoms with van der Waals surface area (Å²) in [6, 6.07) is 4.09. The first kappa shape index (κ1) is 21.8. The fourth-order valence-corrected chi connectivity index (χ4v) is 5.20. The number of hydrogen-bond donors (Lipinski definition) is 1. The lowest BCUT2D eigenvalue weighted by Gasteiger charge is -2.33. The largest absolute Gasteiger partial charge is 0.368 e. The molecule has 2 aliphatic carbocycles. The summed E-state index contributed by atoms with van der Waals surface area (Å²) >= 11 is 0. The van der Waals surface area contributed by atoms with Gasteiger partial charge in [-0.15, -0.1) is 0 Å². The lowest BCUT2D eigenvalue weighted by molar-refractivity contribution is -0.124. The maximum atomic E-state index is 12.9. The number of likely N-dealkylation sites (N-methyl/N-ethyl adjacent to an activating group) is 2. The molecule has 0 radical (unpaired) electrons. The van der Waals surface area contributed by atoms with Gasteiger partial charge in [-0.25, -0.2) is 15.0 Å². The van der Waals surface area contributed by atoms with E-state index in [0.717, 1.165) is 72.9 Å². The topological polar surface area (TPSA) is 77.5 Å². The lowest BCUT2D eigenvalue weighted by Crippen LogP contribution is -2.44. The van der Waals surface area contributed by atoms with Crippen LogP contribution in [0.3, 0.4) is 0 Å². The van der Waals surface area contributed by atoms with Crippen molar-refractivity contribution in [3.05, 3.63) is 41.4 Å². The van der Waals surface area contributed by atoms with E-state index in [4.69, 9.17) is 4.98 Å². The zero-order valence-electron chi connectivity index (χ0n) is 19.8. The van der Waals surface area contributed by atoms with Crippen molar-refractivity contribution >= 4 is 28.9 Å². The zero-order valence-corrected chi connectivity index (χ0v) is 19.8. The van der Waals surface area contributed by atoms with E-state index in [0.29, 0.717) is 18.3 Å². The minimum atomic E-state index is 0.0885. The Hall–Kier alpha value is -3.00. The second kappa shape index (κ2) is 9.09. The minimum absolute atomic E-state index is 0.0885. The molecule has 1 saturated carbocycles. The summed E-state index contributed by atoms with van der Waals surface area (Å²) in [6.45, 7) is 4.17. The average Bonchev–Trinajstić information content (AvgIpc) is 3.47. The third-order valence-corrected chi connectivity index (χ3v) is 7.10. The van der Waals surface area contributed by atoms with Crippen molar-refractivity contribution in [3.8, 4) is 0 Å². The molecule has 5 rings (SSSR count). The van der Waals surface area contributed by atoms with Gasteiger partial charge in [0.2, 0.25) is 11.9 Å². The molecule has 2 fully saturated rings. The van der Waals surface area contributed by atoms with E-state index in [1.807, 2.05) is 32.6 Å². The van der Waals surface area contributed by atoms with E-state index in [1.165, 1.54) is 12.8 Å². The number of hydrogen-bond acceptors (Lipinski definition) is 7. The van der Waals surface area contributed by atoms with Crippen LogP contribution < -0.4 is 10.2 Å². The van der Waals surface area contributed by atoms with E-state index in [2.05, 4.69) is 38.2 Å². The molecule has 0 unspecified atom stereocenters. The number of carbonyl (C=O) groups excluding carboxylic acids is 1. The van der Waals surface area contributed by atoms with Crippen molar-refractivity contribution in [2.75, 3.05) is 57.5 Å². The van der Waals surface area contributed by atoms with Gasteiger partial charge in [-0.05, 0) is 43.5 Å². The molecule has 2 aromatic rings. The first-order valence-corrected chi connectivity index (χ1v) is 12.0. The van der Waals surface area contributed by atoms with E-state index >= 15 is 0 Å². The summed E-state index contributed by atoms with van der Waals surface area (Å²) in [6.07, 6.45) is 9.09. The monoisotopic (exact) mass is 447 g/mol. The first-order chi connectivity index (χ1) is 16.0. The number of rotatable bonds is 5. The molecule has 3 heterocycles. The predicted octanol–water partition coefficient (Wildman–Crippen LogP) is 2.96. The van der Waals surface area contributed by atoms with Crippen LogP contribution in [0.4, 0.5) is 17.5 Å². The number of amides is 1. The Labute approximate surface area is 195 Å². The average molecular weight is 448 g/mol. The fourth-order valence-electron chi connectivity index (χ4n) is 5.20. The maximum absolute atomic E-state index is 12.9. The van der Waals surface area contributed by atoms with Crippen LogP contribution in [0.1, 0.15) is 36.9 Å². The van der Waals surface area contributed by atoms with Crippen LogP contribution in [0.5, 0.6) is 0 Å². The van der Waals surface area contributed by atoms with Gasteiger partial charge >= 0.3 is 0 Å². The van der Waals surface area contributed by atoms with Crippen LogP contribution in [0.15, 0.2) is 30.1 Å². The zero-order chi connectivity index (χ0) is 22.9. The molecule has 33 heavy (non-hydrogen) atoms. The normalized spacial score (nSPS) is 19.2. The van der Waals surface area contributed by atoms with Crippen LogP contribution in [0, 0.1) is 5.92 Å². The first-order valence-electron chi connectivity index (χ1n) is 12.0. The number of nitrogens with one attached hydrogen (secondary N) is 1. The summed E-state index contributed by atoms with van der Waals surface area (Å²) in [5.74, 6) is 1.75. The van der Waals surface area contributed by atoms with Gasteiger partial charge in [0.25, 0.3) is 0 Å². The number of allylic oxidation sites excluding steroid dienone is 1. The Bertz CT molecular complexity index is 1050. The van der Waals surface area contributed by atoms with Crippen LogP contribution in [0.25, 0.3) is 5.57 Å². The molecule has 174 valence electrons. The molecular formula is C25H33N7O. The molecule has 1 aliphatic heterocycles. The lowest BCUT2D eigenvalue weighted by atomic mass is 9.93. The molecule has 1 amide bonds. The van der Waals surface area contributed by atoms with Crippen LogP contribution in [0.2, 0.25) is 0 Å². The highest BCUT2D eigenvalue weighted by Crippen LogP contribution is 2.44. The number of anilines is 3. The quantitative estimate of drug-likeness (QED) is 0.755. The van der Waals surface area contributed by atoms with E-state index in [9.17, 15) is 4.79 Å². The third kappa shape index (κ3) is 4.44. The third-order valence-electron chi connectivity index (χ3n) is 7.10. The van der Waals surface area contributed by atoms with Crippen molar-refractivity contribution in [3.63, 3.8) is 0 Å². The Morgan fingerprint density at radius 1 is 1.06 bits per heavy atom. The summed E-state index contributed by atoms with van der Waals surface area (Å²) in [4.78, 5) is 33.3. The fraction of sp³-hybridized carbons (Fsp3) is 0.520. The van der Waals surface area contributed by atoms with Crippen molar-refractivity contribution in [1.29, 1.82) is 0 Å². The molecule has 3 aliphatic rings. The number of piperazine rings is 1. The second-order valence-electron chi connectivity index (χ2n) is 9.63. The Kier molecular flexibility index (Phi) is 6.01. The van der Waals surface area contributed by atoms with Gasteiger partial charge in [0.1, 0.15) is 5.82 Å². The van der Waals surface area contributed by atoms with Gasteiger partial charge in [-0.2, -0.15) is 0 Å². The highest BCUT2D eigenvalue weighted by atomic mass is 16.2. The van der Waals surface area contributed by atoms with Crippen LogP contribution in [-0.2, 0) is 11.2 Å². The number of aromatic nitrogens is 3. The maximum Gasteiger partial charge on any atom is 0.249 e. The Morgan fingerprint density at radius 2 is 1.82 bits per heavy atom. The minimum Gasteiger partial charge on any atom is -0.368 e. The number of fused-ring (bicyclic) bond motifs is 1. The van der Waals surface area contributed by atoms with Crippen LogP contribution >= 0.6 is 0 Å². The van der Waals surface area contributed by atoms with Crippen LogP contribution in [-0.4, -0.2) is 78.0 Å². The summed E-state index contributed by atoms with van der Waals surface area (Å²) in [7, 11) is 5.80. The molecule has 0 aromatic carbocycles. The van der Waals surface area contributed by atoms with Gasteiger partial charge in [0.05, 0.1) is 17.6 Å². The van der Waals surface area contributed by atoms with Crippen molar-refractivity contribution in [2.24, 2.45) is 5.92 Å². The Balaban J connectivity index is 1.37. The second-order valence-corrected chi connectivity index (χ2v) is 9.63. The molecule has 1 saturated heterocycles. The van der Waals surface area contributed by atoms with E-state index in [1.54, 1.807) is 4.90 Å². The van der Waals surface area contributed by atoms with Crippen molar-refractivity contribution in [1.82, 2.24) is 24.8 Å². The molecule has 8 heteroatoms. The van der Waals surface area contributed by atoms with Crippen molar-refractivity contribution in [2.45, 2.75) is 32.1 Å². The molecular weight excluding hydrogens is 414 g/mol. The van der Waals surface area contributed by atoms with Gasteiger partial charge in [0.15, 0.2) is 0 Å². The van der Waals surface area contributed by atoms with Crippen molar-refractivity contribution < 1.29 is 4.79 Å². The molecule has 0 atom stereocenters. The van der Waals surface area contributed by atoms with E-state index < -0.39 is 0 Å². The Morgan fingerprint density at radius 3 is 2.48 bits per heavy atom. The highest BCUT2D eigenvalue weighted by Gasteiger charge is 2.34. The van der Waals surface area contributed by atoms with E-state index in [-0.39, 0.29) is 5.91 Å². The number of carbonyl (C=O) groups is 1. The molecule has 1 N–H and O–H groups in total. The smallest absolute Gasteiger partial charge is 0.249 e. The highest BCUT2D eigenvalue weighted by molar-refractivity contribution is 6.03. The molecule has 2 aromatic heterocycles. The number of nitrogens with zero attached hydrogens (tertiary/aromatic N) is 6. The molecule has 0 spiro atoms. The van der Waals surface area contributed by atoms with Gasteiger partial charge in [0, 0.05) is 64.0 Å². The summed E-state index contributed by atoms with van der Waals surface area (Å²) in [5, 5.41) is 3.27. The molecule has 8 nitrogen and oxygen atoms in total. The van der Waals surface area contributed by atoms with Gasteiger partial charge < -0.3 is 20.0 Å². The predicted molar refractivity (Wildman–Crippen MR) is 131 cm³/mol. The van der Waals surface area contributed by atoms with Gasteiger partial charge in [-0.3, -0.25) is 4.79 Å². The summed E-state index contributed by atoms with van der Waals surface area (Å²) < 4.78 is 0.